The summed E-state index contributed by atoms with van der Waals surface area (Å²) < 4.78 is 0. The molecule has 162 valence electrons. The lowest BCUT2D eigenvalue weighted by Gasteiger charge is -2.33. The van der Waals surface area contributed by atoms with Crippen LogP contribution in [0.4, 0.5) is 5.82 Å². The normalized spacial score (nSPS) is 25.5. The first-order chi connectivity index (χ1) is 13.7. The number of aliphatic imine (C=N–C) groups is 1. The molecular weight excluding hydrogens is 475 g/mol. The number of likely N-dealkylation sites (tertiary alicyclic amines) is 1. The Bertz CT molecular complexity index is 659. The first-order valence-corrected chi connectivity index (χ1v) is 11.1. The first-order valence-electron chi connectivity index (χ1n) is 11.1. The molecule has 0 radical (unpaired) electrons. The van der Waals surface area contributed by atoms with Crippen molar-refractivity contribution < 1.29 is 0 Å². The molecule has 0 amide bonds. The summed E-state index contributed by atoms with van der Waals surface area (Å²) in [5.41, 5.74) is 1.25. The van der Waals surface area contributed by atoms with Gasteiger partial charge in [0.1, 0.15) is 5.82 Å². The lowest BCUT2D eigenvalue weighted by molar-refractivity contribution is 0.299. The minimum Gasteiger partial charge on any atom is -0.357 e. The number of pyridine rings is 1. The SMILES string of the molecule is CCNC(=NCc1ccnc(N2CCN(C)CC2)c1)N1CC2CCCCC2C1.I. The number of hydrogen-bond acceptors (Lipinski definition) is 4. The Kier molecular flexibility index (Phi) is 8.41. The topological polar surface area (TPSA) is 47.0 Å². The third-order valence-electron chi connectivity index (χ3n) is 6.66. The zero-order valence-corrected chi connectivity index (χ0v) is 20.3. The quantitative estimate of drug-likeness (QED) is 0.382. The third-order valence-corrected chi connectivity index (χ3v) is 6.66. The highest BCUT2D eigenvalue weighted by Gasteiger charge is 2.35. The molecule has 4 rings (SSSR count). The molecule has 3 heterocycles. The average Bonchev–Trinajstić information content (AvgIpc) is 3.16. The third kappa shape index (κ3) is 5.75. The van der Waals surface area contributed by atoms with Gasteiger partial charge in [-0.05, 0) is 56.3 Å². The van der Waals surface area contributed by atoms with Crippen molar-refractivity contribution in [1.82, 2.24) is 20.1 Å². The van der Waals surface area contributed by atoms with E-state index in [1.54, 1.807) is 0 Å². The van der Waals surface area contributed by atoms with E-state index in [1.165, 1.54) is 44.3 Å². The van der Waals surface area contributed by atoms with Crippen LogP contribution in [-0.4, -0.2) is 73.6 Å². The van der Waals surface area contributed by atoms with E-state index in [1.807, 2.05) is 6.20 Å². The standard InChI is InChI=1S/C22H36N6.HI/c1-3-23-22(28-16-19-6-4-5-7-20(19)17-28)25-15-18-8-9-24-21(14-18)27-12-10-26(2)11-13-27;/h8-9,14,19-20H,3-7,10-13,15-17H2,1-2H3,(H,23,25);1H. The molecule has 1 aromatic heterocycles. The lowest BCUT2D eigenvalue weighted by atomic mass is 9.82. The molecule has 3 fully saturated rings. The fraction of sp³-hybridized carbons (Fsp3) is 0.727. The van der Waals surface area contributed by atoms with Gasteiger partial charge in [-0.25, -0.2) is 9.98 Å². The summed E-state index contributed by atoms with van der Waals surface area (Å²) in [6, 6.07) is 4.33. The lowest BCUT2D eigenvalue weighted by Crippen LogP contribution is -2.44. The summed E-state index contributed by atoms with van der Waals surface area (Å²) in [6.07, 6.45) is 7.57. The molecule has 2 unspecified atom stereocenters. The Hall–Kier alpha value is -1.09. The van der Waals surface area contributed by atoms with E-state index < -0.39 is 0 Å². The Balaban J connectivity index is 0.00000240. The van der Waals surface area contributed by atoms with Crippen molar-refractivity contribution in [3.63, 3.8) is 0 Å². The number of anilines is 1. The fourth-order valence-electron chi connectivity index (χ4n) is 4.94. The van der Waals surface area contributed by atoms with E-state index in [9.17, 15) is 0 Å². The summed E-state index contributed by atoms with van der Waals surface area (Å²) in [5, 5.41) is 3.53. The fourth-order valence-corrected chi connectivity index (χ4v) is 4.94. The molecule has 1 aliphatic carbocycles. The second-order valence-electron chi connectivity index (χ2n) is 8.69. The molecule has 2 atom stereocenters. The number of fused-ring (bicyclic) bond motifs is 1. The van der Waals surface area contributed by atoms with Crippen molar-refractivity contribution in [2.24, 2.45) is 16.8 Å². The molecule has 0 aromatic carbocycles. The molecule has 1 N–H and O–H groups in total. The molecule has 3 aliphatic rings. The van der Waals surface area contributed by atoms with Gasteiger partial charge in [0, 0.05) is 52.0 Å². The van der Waals surface area contributed by atoms with E-state index >= 15 is 0 Å². The zero-order valence-electron chi connectivity index (χ0n) is 18.0. The number of rotatable bonds is 4. The van der Waals surface area contributed by atoms with Crippen molar-refractivity contribution in [3.8, 4) is 0 Å². The van der Waals surface area contributed by atoms with Gasteiger partial charge in [-0.3, -0.25) is 0 Å². The summed E-state index contributed by atoms with van der Waals surface area (Å²) in [4.78, 5) is 16.9. The van der Waals surface area contributed by atoms with Gasteiger partial charge in [0.2, 0.25) is 0 Å². The van der Waals surface area contributed by atoms with Crippen LogP contribution in [0.3, 0.4) is 0 Å². The number of hydrogen-bond donors (Lipinski definition) is 1. The Morgan fingerprint density at radius 3 is 2.48 bits per heavy atom. The number of aromatic nitrogens is 1. The van der Waals surface area contributed by atoms with Crippen molar-refractivity contribution in [3.05, 3.63) is 23.9 Å². The summed E-state index contributed by atoms with van der Waals surface area (Å²) in [7, 11) is 2.19. The van der Waals surface area contributed by atoms with Crippen molar-refractivity contribution in [2.75, 3.05) is 57.8 Å². The van der Waals surface area contributed by atoms with Crippen LogP contribution in [0.2, 0.25) is 0 Å². The zero-order chi connectivity index (χ0) is 19.3. The van der Waals surface area contributed by atoms with Gasteiger partial charge in [0.05, 0.1) is 6.54 Å². The van der Waals surface area contributed by atoms with Gasteiger partial charge in [-0.2, -0.15) is 0 Å². The molecule has 1 aromatic rings. The van der Waals surface area contributed by atoms with Crippen LogP contribution in [0, 0.1) is 11.8 Å². The highest BCUT2D eigenvalue weighted by molar-refractivity contribution is 14.0. The van der Waals surface area contributed by atoms with E-state index in [0.717, 1.165) is 62.9 Å². The minimum absolute atomic E-state index is 0. The maximum atomic E-state index is 5.00. The molecular formula is C22H37IN6. The van der Waals surface area contributed by atoms with Crippen LogP contribution in [0.15, 0.2) is 23.3 Å². The molecule has 0 bridgehead atoms. The highest BCUT2D eigenvalue weighted by atomic mass is 127. The first kappa shape index (κ1) is 22.6. The van der Waals surface area contributed by atoms with E-state index in [4.69, 9.17) is 4.99 Å². The second-order valence-corrected chi connectivity index (χ2v) is 8.69. The summed E-state index contributed by atoms with van der Waals surface area (Å²) in [5.74, 6) is 3.94. The minimum atomic E-state index is 0. The maximum Gasteiger partial charge on any atom is 0.194 e. The van der Waals surface area contributed by atoms with Gasteiger partial charge in [-0.15, -0.1) is 24.0 Å². The number of halogens is 1. The van der Waals surface area contributed by atoms with Gasteiger partial charge in [0.15, 0.2) is 5.96 Å². The van der Waals surface area contributed by atoms with E-state index in [2.05, 4.69) is 51.1 Å². The van der Waals surface area contributed by atoms with Crippen LogP contribution in [0.5, 0.6) is 0 Å². The Labute approximate surface area is 193 Å². The second kappa shape index (κ2) is 10.8. The predicted molar refractivity (Wildman–Crippen MR) is 131 cm³/mol. The predicted octanol–water partition coefficient (Wildman–Crippen LogP) is 3.04. The molecule has 29 heavy (non-hydrogen) atoms. The van der Waals surface area contributed by atoms with Crippen LogP contribution in [0.1, 0.15) is 38.2 Å². The average molecular weight is 512 g/mol. The number of guanidine groups is 1. The maximum absolute atomic E-state index is 5.00. The summed E-state index contributed by atoms with van der Waals surface area (Å²) >= 11 is 0. The smallest absolute Gasteiger partial charge is 0.194 e. The van der Waals surface area contributed by atoms with Gasteiger partial charge >= 0.3 is 0 Å². The monoisotopic (exact) mass is 512 g/mol. The highest BCUT2D eigenvalue weighted by Crippen LogP contribution is 2.36. The molecule has 1 saturated carbocycles. The van der Waals surface area contributed by atoms with Crippen LogP contribution in [0.25, 0.3) is 0 Å². The van der Waals surface area contributed by atoms with Crippen LogP contribution < -0.4 is 10.2 Å². The van der Waals surface area contributed by atoms with Crippen LogP contribution in [-0.2, 0) is 6.54 Å². The number of nitrogens with one attached hydrogen (secondary N) is 1. The summed E-state index contributed by atoms with van der Waals surface area (Å²) in [6.45, 7) is 10.5. The number of likely N-dealkylation sites (N-methyl/N-ethyl adjacent to an activating group) is 1. The molecule has 2 saturated heterocycles. The molecule has 0 spiro atoms. The van der Waals surface area contributed by atoms with Gasteiger partial charge < -0.3 is 20.0 Å². The van der Waals surface area contributed by atoms with Crippen molar-refractivity contribution in [1.29, 1.82) is 0 Å². The van der Waals surface area contributed by atoms with Gasteiger partial charge in [0.25, 0.3) is 0 Å². The van der Waals surface area contributed by atoms with Crippen molar-refractivity contribution >= 4 is 35.8 Å². The van der Waals surface area contributed by atoms with Crippen LogP contribution >= 0.6 is 24.0 Å². The Morgan fingerprint density at radius 2 is 1.83 bits per heavy atom. The van der Waals surface area contributed by atoms with E-state index in [0.29, 0.717) is 0 Å². The van der Waals surface area contributed by atoms with E-state index in [-0.39, 0.29) is 24.0 Å². The number of nitrogens with zero attached hydrogens (tertiary/aromatic N) is 5. The largest absolute Gasteiger partial charge is 0.357 e. The number of piperazine rings is 1. The Morgan fingerprint density at radius 1 is 1.14 bits per heavy atom. The molecule has 7 heteroatoms. The van der Waals surface area contributed by atoms with Crippen molar-refractivity contribution in [2.45, 2.75) is 39.2 Å². The molecule has 2 aliphatic heterocycles. The van der Waals surface area contributed by atoms with Gasteiger partial charge in [-0.1, -0.05) is 12.8 Å². The molecule has 6 nitrogen and oxygen atoms in total.